The number of sulfone groups is 1. The Morgan fingerprint density at radius 2 is 2.05 bits per heavy atom. The Hall–Kier alpha value is -1.44. The molecule has 0 aliphatic carbocycles. The molecule has 7 heteroatoms. The second-order valence-electron chi connectivity index (χ2n) is 5.18. The molecule has 116 valence electrons. The van der Waals surface area contributed by atoms with Gasteiger partial charge in [-0.25, -0.2) is 8.42 Å². The van der Waals surface area contributed by atoms with Crippen LogP contribution in [0, 0.1) is 0 Å². The summed E-state index contributed by atoms with van der Waals surface area (Å²) in [6, 6.07) is 6.19. The van der Waals surface area contributed by atoms with Crippen LogP contribution in [0.1, 0.15) is 15.9 Å². The molecule has 1 aliphatic heterocycles. The quantitative estimate of drug-likeness (QED) is 0.850. The maximum absolute atomic E-state index is 12.4. The summed E-state index contributed by atoms with van der Waals surface area (Å²) in [5, 5.41) is 9.29. The van der Waals surface area contributed by atoms with Crippen molar-refractivity contribution in [2.24, 2.45) is 0 Å². The van der Waals surface area contributed by atoms with Crippen molar-refractivity contribution in [2.75, 3.05) is 32.6 Å². The molecule has 1 unspecified atom stereocenters. The lowest BCUT2D eigenvalue weighted by molar-refractivity contribution is -0.0183. The fraction of sp³-hybridized carbons (Fsp3) is 0.500. The largest absolute Gasteiger partial charge is 0.394 e. The third kappa shape index (κ3) is 4.26. The third-order valence-corrected chi connectivity index (χ3v) is 4.19. The predicted molar refractivity (Wildman–Crippen MR) is 77.7 cm³/mol. The van der Waals surface area contributed by atoms with Gasteiger partial charge in [0.05, 0.1) is 31.6 Å². The monoisotopic (exact) mass is 313 g/mol. The van der Waals surface area contributed by atoms with E-state index in [1.807, 2.05) is 0 Å². The van der Waals surface area contributed by atoms with E-state index in [9.17, 15) is 18.3 Å². The summed E-state index contributed by atoms with van der Waals surface area (Å²) >= 11 is 0. The summed E-state index contributed by atoms with van der Waals surface area (Å²) in [6.07, 6.45) is 1.17. The first-order chi connectivity index (χ1) is 9.90. The van der Waals surface area contributed by atoms with Crippen molar-refractivity contribution in [3.05, 3.63) is 35.4 Å². The fourth-order valence-corrected chi connectivity index (χ4v) is 3.08. The molecular weight excluding hydrogens is 294 g/mol. The summed E-state index contributed by atoms with van der Waals surface area (Å²) in [6.45, 7) is 1.08. The highest BCUT2D eigenvalue weighted by molar-refractivity contribution is 7.89. The molecule has 0 radical (unpaired) electrons. The van der Waals surface area contributed by atoms with Gasteiger partial charge in [0.15, 0.2) is 9.84 Å². The highest BCUT2D eigenvalue weighted by Crippen LogP contribution is 2.14. The molecule has 2 rings (SSSR count). The maximum Gasteiger partial charge on any atom is 0.254 e. The van der Waals surface area contributed by atoms with Crippen LogP contribution < -0.4 is 0 Å². The Morgan fingerprint density at radius 3 is 2.62 bits per heavy atom. The number of hydrogen-bond donors (Lipinski definition) is 1. The van der Waals surface area contributed by atoms with Gasteiger partial charge in [-0.05, 0) is 17.7 Å². The molecule has 21 heavy (non-hydrogen) atoms. The van der Waals surface area contributed by atoms with Gasteiger partial charge >= 0.3 is 0 Å². The van der Waals surface area contributed by atoms with Crippen LogP contribution in [0.4, 0.5) is 0 Å². The number of amides is 1. The third-order valence-electron chi connectivity index (χ3n) is 3.33. The number of carbonyl (C=O) groups excluding carboxylic acids is 1. The lowest BCUT2D eigenvalue weighted by atomic mass is 10.1. The Balaban J connectivity index is 2.12. The van der Waals surface area contributed by atoms with Gasteiger partial charge in [-0.3, -0.25) is 4.79 Å². The fourth-order valence-electron chi connectivity index (χ4n) is 2.29. The maximum atomic E-state index is 12.4. The number of nitrogens with zero attached hydrogens (tertiary/aromatic N) is 1. The van der Waals surface area contributed by atoms with Crippen molar-refractivity contribution in [1.82, 2.24) is 4.90 Å². The van der Waals surface area contributed by atoms with Gasteiger partial charge in [0, 0.05) is 18.4 Å². The van der Waals surface area contributed by atoms with Crippen LogP contribution in [0.15, 0.2) is 24.3 Å². The summed E-state index contributed by atoms with van der Waals surface area (Å²) in [5.41, 5.74) is 1.13. The van der Waals surface area contributed by atoms with Gasteiger partial charge < -0.3 is 14.7 Å². The van der Waals surface area contributed by atoms with Crippen LogP contribution in [0.3, 0.4) is 0 Å². The molecule has 1 N–H and O–H groups in total. The molecule has 1 amide bonds. The number of carbonyl (C=O) groups is 1. The van der Waals surface area contributed by atoms with Crippen molar-refractivity contribution in [3.63, 3.8) is 0 Å². The average Bonchev–Trinajstić information content (AvgIpc) is 2.45. The van der Waals surface area contributed by atoms with E-state index in [1.165, 1.54) is 6.26 Å². The normalized spacial score (nSPS) is 19.5. The number of ether oxygens (including phenoxy) is 1. The number of benzene rings is 1. The van der Waals surface area contributed by atoms with Gasteiger partial charge in [0.1, 0.15) is 0 Å². The number of hydrogen-bond acceptors (Lipinski definition) is 5. The van der Waals surface area contributed by atoms with Gasteiger partial charge in [-0.15, -0.1) is 0 Å². The van der Waals surface area contributed by atoms with E-state index in [2.05, 4.69) is 0 Å². The minimum atomic E-state index is -3.09. The molecular formula is C14H19NO5S. The molecule has 1 aliphatic rings. The Bertz CT molecular complexity index is 596. The Morgan fingerprint density at radius 1 is 1.38 bits per heavy atom. The SMILES string of the molecule is CS(=O)(=O)Cc1ccc(C(=O)N2CCOCC2CO)cc1. The second kappa shape index (κ2) is 6.55. The zero-order chi connectivity index (χ0) is 15.5. The van der Waals surface area contributed by atoms with Crippen molar-refractivity contribution < 1.29 is 23.1 Å². The average molecular weight is 313 g/mol. The molecule has 1 saturated heterocycles. The van der Waals surface area contributed by atoms with Crippen molar-refractivity contribution in [1.29, 1.82) is 0 Å². The molecule has 1 atom stereocenters. The molecule has 0 bridgehead atoms. The first-order valence-corrected chi connectivity index (χ1v) is 8.73. The van der Waals surface area contributed by atoms with E-state index >= 15 is 0 Å². The van der Waals surface area contributed by atoms with E-state index in [1.54, 1.807) is 29.2 Å². The van der Waals surface area contributed by atoms with Crippen LogP contribution in [-0.2, 0) is 20.3 Å². The summed E-state index contributed by atoms with van der Waals surface area (Å²) in [7, 11) is -3.09. The molecule has 1 aromatic carbocycles. The zero-order valence-electron chi connectivity index (χ0n) is 11.9. The summed E-state index contributed by atoms with van der Waals surface area (Å²) in [4.78, 5) is 14.0. The van der Waals surface area contributed by atoms with E-state index in [-0.39, 0.29) is 24.3 Å². The zero-order valence-corrected chi connectivity index (χ0v) is 12.7. The second-order valence-corrected chi connectivity index (χ2v) is 7.32. The first kappa shape index (κ1) is 15.9. The molecule has 0 aromatic heterocycles. The first-order valence-electron chi connectivity index (χ1n) is 6.67. The summed E-state index contributed by atoms with van der Waals surface area (Å²) in [5.74, 6) is -0.221. The lowest BCUT2D eigenvalue weighted by Crippen LogP contribution is -2.50. The number of rotatable bonds is 4. The van der Waals surface area contributed by atoms with Crippen molar-refractivity contribution in [2.45, 2.75) is 11.8 Å². The minimum absolute atomic E-state index is 0.0434. The highest BCUT2D eigenvalue weighted by atomic mass is 32.2. The summed E-state index contributed by atoms with van der Waals surface area (Å²) < 4.78 is 27.7. The smallest absolute Gasteiger partial charge is 0.254 e. The number of morpholine rings is 1. The van der Waals surface area contributed by atoms with Gasteiger partial charge in [0.25, 0.3) is 5.91 Å². The van der Waals surface area contributed by atoms with Crippen molar-refractivity contribution >= 4 is 15.7 Å². The van der Waals surface area contributed by atoms with Crippen LogP contribution >= 0.6 is 0 Å². The highest BCUT2D eigenvalue weighted by Gasteiger charge is 2.27. The topological polar surface area (TPSA) is 83.9 Å². The predicted octanol–water partition coefficient (Wildman–Crippen LogP) is 0.0645. The molecule has 0 spiro atoms. The van der Waals surface area contributed by atoms with Gasteiger partial charge in [0.2, 0.25) is 0 Å². The molecule has 1 heterocycles. The van der Waals surface area contributed by atoms with E-state index in [0.29, 0.717) is 30.9 Å². The number of aliphatic hydroxyl groups excluding tert-OH is 1. The van der Waals surface area contributed by atoms with Gasteiger partial charge in [-0.2, -0.15) is 0 Å². The molecule has 0 saturated carbocycles. The standard InChI is InChI=1S/C14H19NO5S/c1-21(18,19)10-11-2-4-12(5-3-11)14(17)15-6-7-20-9-13(15)8-16/h2-5,13,16H,6-10H2,1H3. The van der Waals surface area contributed by atoms with E-state index in [4.69, 9.17) is 4.74 Å². The van der Waals surface area contributed by atoms with Crippen LogP contribution in [-0.4, -0.2) is 63.0 Å². The van der Waals surface area contributed by atoms with Crippen LogP contribution in [0.25, 0.3) is 0 Å². The molecule has 1 fully saturated rings. The Labute approximate surface area is 124 Å². The minimum Gasteiger partial charge on any atom is -0.394 e. The van der Waals surface area contributed by atoms with Crippen molar-refractivity contribution in [3.8, 4) is 0 Å². The Kier molecular flexibility index (Phi) is 4.97. The van der Waals surface area contributed by atoms with Crippen LogP contribution in [0.2, 0.25) is 0 Å². The number of aliphatic hydroxyl groups is 1. The molecule has 6 nitrogen and oxygen atoms in total. The van der Waals surface area contributed by atoms with E-state index < -0.39 is 9.84 Å². The lowest BCUT2D eigenvalue weighted by Gasteiger charge is -2.34. The molecule has 1 aromatic rings. The van der Waals surface area contributed by atoms with Gasteiger partial charge in [-0.1, -0.05) is 12.1 Å². The van der Waals surface area contributed by atoms with E-state index in [0.717, 1.165) is 0 Å². The van der Waals surface area contributed by atoms with Crippen LogP contribution in [0.5, 0.6) is 0 Å².